The van der Waals surface area contributed by atoms with E-state index in [4.69, 9.17) is 4.74 Å². The highest BCUT2D eigenvalue weighted by Gasteiger charge is 2.46. The highest BCUT2D eigenvalue weighted by Crippen LogP contribution is 2.37. The zero-order valence-electron chi connectivity index (χ0n) is 15.4. The van der Waals surface area contributed by atoms with Crippen LogP contribution in [-0.4, -0.2) is 52.2 Å². The average molecular weight is 375 g/mol. The molecular formula is C19H26N4O2S. The van der Waals surface area contributed by atoms with Crippen LogP contribution in [0.25, 0.3) is 0 Å². The third-order valence-electron chi connectivity index (χ3n) is 5.60. The monoisotopic (exact) mass is 374 g/mol. The molecule has 2 fully saturated rings. The van der Waals surface area contributed by atoms with Crippen molar-refractivity contribution < 1.29 is 9.53 Å². The molecule has 0 aliphatic carbocycles. The molecule has 0 bridgehead atoms. The van der Waals surface area contributed by atoms with Gasteiger partial charge in [0.15, 0.2) is 0 Å². The summed E-state index contributed by atoms with van der Waals surface area (Å²) in [7, 11) is 1.89. The second-order valence-electron chi connectivity index (χ2n) is 7.62. The number of likely N-dealkylation sites (tertiary alicyclic amines) is 1. The largest absolute Gasteiger partial charge is 0.372 e. The number of aromatic nitrogens is 2. The number of hydrogen-bond donors (Lipinski definition) is 1. The van der Waals surface area contributed by atoms with Crippen LogP contribution in [-0.2, 0) is 18.3 Å². The van der Waals surface area contributed by atoms with E-state index in [1.54, 1.807) is 11.3 Å². The fourth-order valence-electron chi connectivity index (χ4n) is 3.91. The van der Waals surface area contributed by atoms with Crippen molar-refractivity contribution in [2.45, 2.75) is 31.9 Å². The first-order valence-corrected chi connectivity index (χ1v) is 10.1. The smallest absolute Gasteiger partial charge is 0.267 e. The van der Waals surface area contributed by atoms with Crippen LogP contribution in [0.3, 0.4) is 0 Å². The van der Waals surface area contributed by atoms with E-state index in [-0.39, 0.29) is 11.5 Å². The van der Waals surface area contributed by atoms with Crippen LogP contribution >= 0.6 is 11.3 Å². The van der Waals surface area contributed by atoms with E-state index in [0.29, 0.717) is 18.2 Å². The molecule has 1 unspecified atom stereocenters. The lowest BCUT2D eigenvalue weighted by atomic mass is 9.83. The minimum absolute atomic E-state index is 0.00691. The first-order chi connectivity index (χ1) is 12.5. The van der Waals surface area contributed by atoms with Crippen LogP contribution in [0, 0.1) is 12.8 Å². The van der Waals surface area contributed by atoms with Gasteiger partial charge in [-0.1, -0.05) is 0 Å². The second-order valence-corrected chi connectivity index (χ2v) is 8.56. The van der Waals surface area contributed by atoms with E-state index in [9.17, 15) is 4.79 Å². The molecule has 2 saturated heterocycles. The third-order valence-corrected chi connectivity index (χ3v) is 6.52. The molecule has 6 nitrogen and oxygen atoms in total. The predicted molar refractivity (Wildman–Crippen MR) is 101 cm³/mol. The van der Waals surface area contributed by atoms with Crippen molar-refractivity contribution in [1.82, 2.24) is 19.8 Å². The average Bonchev–Trinajstić information content (AvgIpc) is 3.21. The van der Waals surface area contributed by atoms with Crippen molar-refractivity contribution in [3.63, 3.8) is 0 Å². The summed E-state index contributed by atoms with van der Waals surface area (Å²) in [4.78, 5) is 20.3. The summed E-state index contributed by atoms with van der Waals surface area (Å²) in [5.41, 5.74) is 3.81. The molecule has 1 spiro atoms. The lowest BCUT2D eigenvalue weighted by Gasteiger charge is -2.52. The second kappa shape index (κ2) is 7.13. The van der Waals surface area contributed by atoms with E-state index in [0.717, 1.165) is 44.8 Å². The Labute approximate surface area is 158 Å². The Bertz CT molecular complexity index is 768. The van der Waals surface area contributed by atoms with Gasteiger partial charge < -0.3 is 14.6 Å². The highest BCUT2D eigenvalue weighted by molar-refractivity contribution is 7.09. The molecule has 26 heavy (non-hydrogen) atoms. The summed E-state index contributed by atoms with van der Waals surface area (Å²) in [6.07, 6.45) is 4.08. The van der Waals surface area contributed by atoms with E-state index in [1.165, 1.54) is 4.88 Å². The zero-order valence-corrected chi connectivity index (χ0v) is 16.2. The molecule has 0 aromatic carbocycles. The maximum Gasteiger partial charge on any atom is 0.267 e. The van der Waals surface area contributed by atoms with E-state index >= 15 is 0 Å². The van der Waals surface area contributed by atoms with E-state index < -0.39 is 0 Å². The molecular weight excluding hydrogens is 348 g/mol. The molecule has 2 aromatic rings. The van der Waals surface area contributed by atoms with Crippen molar-refractivity contribution in [2.24, 2.45) is 13.0 Å². The highest BCUT2D eigenvalue weighted by atomic mass is 32.1. The Morgan fingerprint density at radius 3 is 2.96 bits per heavy atom. The number of carbonyl (C=O) groups excluding carboxylic acids is 1. The van der Waals surface area contributed by atoms with Gasteiger partial charge in [-0.25, -0.2) is 4.98 Å². The number of aryl methyl sites for hydroxylation is 2. The maximum absolute atomic E-state index is 12.2. The van der Waals surface area contributed by atoms with E-state index in [1.807, 2.05) is 35.5 Å². The number of hydrogen-bond acceptors (Lipinski definition) is 5. The van der Waals surface area contributed by atoms with Gasteiger partial charge >= 0.3 is 0 Å². The van der Waals surface area contributed by atoms with Crippen LogP contribution < -0.4 is 5.32 Å². The van der Waals surface area contributed by atoms with Crippen molar-refractivity contribution in [3.8, 4) is 0 Å². The summed E-state index contributed by atoms with van der Waals surface area (Å²) in [6.45, 7) is 6.49. The Kier molecular flexibility index (Phi) is 4.86. The van der Waals surface area contributed by atoms with Crippen LogP contribution in [0.5, 0.6) is 0 Å². The normalized spacial score (nSPS) is 22.3. The fraction of sp³-hybridized carbons (Fsp3) is 0.579. The Balaban J connectivity index is 1.20. The lowest BCUT2D eigenvalue weighted by molar-refractivity contribution is -0.181. The molecule has 4 rings (SSSR count). The number of ether oxygens (including phenoxy) is 1. The number of nitrogens with zero attached hydrogens (tertiary/aromatic N) is 3. The zero-order chi connectivity index (χ0) is 18.1. The summed E-state index contributed by atoms with van der Waals surface area (Å²) < 4.78 is 8.07. The van der Waals surface area contributed by atoms with Gasteiger partial charge in [-0.15, -0.1) is 11.3 Å². The first-order valence-electron chi connectivity index (χ1n) is 9.19. The standard InChI is InChI=1S/C19H26N4O2S/c1-14-17(26-13-21-14)9-23-11-19(12-23)6-5-15(10-25-19)8-20-18(24)16-4-3-7-22(16)2/h3-4,7,13,15H,5-6,8-12H2,1-2H3,(H,20,24). The van der Waals surface area contributed by atoms with Crippen LogP contribution in [0.1, 0.15) is 33.9 Å². The lowest BCUT2D eigenvalue weighted by Crippen LogP contribution is -2.64. The van der Waals surface area contributed by atoms with Crippen molar-refractivity contribution in [3.05, 3.63) is 40.1 Å². The quantitative estimate of drug-likeness (QED) is 0.872. The molecule has 4 heterocycles. The minimum Gasteiger partial charge on any atom is -0.372 e. The number of carbonyl (C=O) groups is 1. The summed E-state index contributed by atoms with van der Waals surface area (Å²) in [5, 5.41) is 3.05. The fourth-order valence-corrected chi connectivity index (χ4v) is 4.73. The predicted octanol–water partition coefficient (Wildman–Crippen LogP) is 2.20. The maximum atomic E-state index is 12.2. The number of rotatable bonds is 5. The molecule has 1 atom stereocenters. The number of amides is 1. The molecule has 2 aliphatic rings. The van der Waals surface area contributed by atoms with Gasteiger partial charge in [-0.05, 0) is 37.8 Å². The van der Waals surface area contributed by atoms with Gasteiger partial charge in [0.2, 0.25) is 0 Å². The van der Waals surface area contributed by atoms with E-state index in [2.05, 4.69) is 22.1 Å². The van der Waals surface area contributed by atoms with Crippen molar-refractivity contribution in [1.29, 1.82) is 0 Å². The minimum atomic E-state index is -0.00691. The Morgan fingerprint density at radius 2 is 2.35 bits per heavy atom. The van der Waals surface area contributed by atoms with Gasteiger partial charge in [0, 0.05) is 44.3 Å². The molecule has 2 aliphatic heterocycles. The molecule has 7 heteroatoms. The van der Waals surface area contributed by atoms with Gasteiger partial charge in [-0.3, -0.25) is 9.69 Å². The topological polar surface area (TPSA) is 59.4 Å². The Morgan fingerprint density at radius 1 is 1.50 bits per heavy atom. The third kappa shape index (κ3) is 3.56. The van der Waals surface area contributed by atoms with Crippen LogP contribution in [0.4, 0.5) is 0 Å². The first kappa shape index (κ1) is 17.7. The summed E-state index contributed by atoms with van der Waals surface area (Å²) in [5.74, 6) is 0.398. The van der Waals surface area contributed by atoms with Crippen molar-refractivity contribution in [2.75, 3.05) is 26.2 Å². The van der Waals surface area contributed by atoms with Crippen LogP contribution in [0.2, 0.25) is 0 Å². The molecule has 140 valence electrons. The van der Waals surface area contributed by atoms with Crippen molar-refractivity contribution >= 4 is 17.2 Å². The number of nitrogens with one attached hydrogen (secondary N) is 1. The SMILES string of the molecule is Cc1ncsc1CN1CC2(CCC(CNC(=O)c3cccn3C)CO2)C1. The Hall–Kier alpha value is -1.70. The summed E-state index contributed by atoms with van der Waals surface area (Å²) >= 11 is 1.74. The van der Waals surface area contributed by atoms with Gasteiger partial charge in [-0.2, -0.15) is 0 Å². The number of thiazole rings is 1. The molecule has 1 N–H and O–H groups in total. The van der Waals surface area contributed by atoms with Gasteiger partial charge in [0.25, 0.3) is 5.91 Å². The van der Waals surface area contributed by atoms with Gasteiger partial charge in [0.05, 0.1) is 23.4 Å². The molecule has 0 saturated carbocycles. The summed E-state index contributed by atoms with van der Waals surface area (Å²) in [6, 6.07) is 3.73. The molecule has 1 amide bonds. The van der Waals surface area contributed by atoms with Gasteiger partial charge in [0.1, 0.15) is 5.69 Å². The van der Waals surface area contributed by atoms with Crippen LogP contribution in [0.15, 0.2) is 23.8 Å². The molecule has 0 radical (unpaired) electrons. The molecule has 2 aromatic heterocycles.